The number of hydrogen-bond acceptors (Lipinski definition) is 3. The Kier molecular flexibility index (Phi) is 8.99. The first-order chi connectivity index (χ1) is 28.1. The zero-order valence-electron chi connectivity index (χ0n) is 31.2. The van der Waals surface area contributed by atoms with Crippen molar-refractivity contribution < 1.29 is 24.8 Å². The van der Waals surface area contributed by atoms with Crippen LogP contribution in [0.25, 0.3) is 50.0 Å². The molecule has 0 amide bonds. The van der Waals surface area contributed by atoms with Gasteiger partial charge in [-0.2, -0.15) is 18.2 Å². The zero-order valence-corrected chi connectivity index (χ0v) is 33.6. The van der Waals surface area contributed by atoms with E-state index in [1.54, 1.807) is 23.9 Å². The average molecular weight is 859 g/mol. The molecule has 7 heteroatoms. The van der Waals surface area contributed by atoms with Gasteiger partial charge in [-0.05, 0) is 41.0 Å². The van der Waals surface area contributed by atoms with E-state index in [9.17, 15) is 0 Å². The number of nitrogens with zero attached hydrogens (tertiary/aromatic N) is 4. The van der Waals surface area contributed by atoms with Crippen molar-refractivity contribution >= 4 is 44.7 Å². The van der Waals surface area contributed by atoms with E-state index in [2.05, 4.69) is 126 Å². The van der Waals surface area contributed by atoms with Gasteiger partial charge in [-0.3, -0.25) is 4.98 Å². The third kappa shape index (κ3) is 5.46. The topological polar surface area (TPSA) is 35.6 Å². The van der Waals surface area contributed by atoms with Crippen LogP contribution < -0.4 is 0 Å². The number of aromatic nitrogens is 4. The molecule has 11 rings (SSSR count). The molecule has 280 valence electrons. The standard InChI is InChI=1S/C51H33FN4S.Pd/c1-55-44-28-12-10-26-42(44)54-49(55)35-18-14-16-33(30-35)47(52)34-17-15-23-38(31-34)56-43-27-11-8-24-39(43)46-48-41(32-53-50(46)56)51(36-19-4-2-5-20-36,37-21-6-3-7-22-37)40-25-9-13-29-45(40)57-48;/h2-29,32,47H,1H3;/q-2;+2. The number of benzene rings is 7. The van der Waals surface area contributed by atoms with Crippen LogP contribution in [0.5, 0.6) is 0 Å². The molecule has 0 aliphatic carbocycles. The normalized spacial score (nSPS) is 13.6. The van der Waals surface area contributed by atoms with Crippen molar-refractivity contribution in [2.24, 2.45) is 7.05 Å². The summed E-state index contributed by atoms with van der Waals surface area (Å²) < 4.78 is 20.9. The monoisotopic (exact) mass is 858 g/mol. The van der Waals surface area contributed by atoms with Crippen LogP contribution in [0.2, 0.25) is 0 Å². The molecule has 0 radical (unpaired) electrons. The summed E-state index contributed by atoms with van der Waals surface area (Å²) in [4.78, 5) is 12.6. The minimum Gasteiger partial charge on any atom is -0.367 e. The van der Waals surface area contributed by atoms with Crippen LogP contribution in [0.1, 0.15) is 39.6 Å². The summed E-state index contributed by atoms with van der Waals surface area (Å²) in [6, 6.07) is 64.9. The fourth-order valence-electron chi connectivity index (χ4n) is 8.87. The molecule has 3 aromatic heterocycles. The van der Waals surface area contributed by atoms with E-state index in [1.807, 2.05) is 66.2 Å². The Balaban J connectivity index is 0.00000408. The van der Waals surface area contributed by atoms with Crippen LogP contribution in [0.3, 0.4) is 0 Å². The van der Waals surface area contributed by atoms with Gasteiger partial charge in [0.25, 0.3) is 0 Å². The van der Waals surface area contributed by atoms with Gasteiger partial charge in [0, 0.05) is 39.4 Å². The second-order valence-corrected chi connectivity index (χ2v) is 15.5. The van der Waals surface area contributed by atoms with Gasteiger partial charge < -0.3 is 9.13 Å². The maximum atomic E-state index is 16.8. The summed E-state index contributed by atoms with van der Waals surface area (Å²) in [6.07, 6.45) is 0.608. The maximum absolute atomic E-state index is 16.8. The molecule has 1 aliphatic heterocycles. The van der Waals surface area contributed by atoms with Crippen LogP contribution in [-0.2, 0) is 32.9 Å². The number of fused-ring (bicyclic) bond motifs is 7. The molecule has 1 unspecified atom stereocenters. The number of aryl methyl sites for hydroxylation is 1. The molecule has 0 saturated carbocycles. The number of rotatable bonds is 6. The Labute approximate surface area is 353 Å². The van der Waals surface area contributed by atoms with Crippen molar-refractivity contribution in [1.82, 2.24) is 19.1 Å². The van der Waals surface area contributed by atoms with Gasteiger partial charge >= 0.3 is 20.4 Å². The SMILES string of the molecule is Cn1c(-c2[c-]c(C(F)c3[c-]c(-n4c5ccccc5c5c6c(cnc54)C(c4ccccc4)(c4ccccc4)c4ccccc4S6)ccc3)ccc2)nc2ccccc21.[Pd+2]. The van der Waals surface area contributed by atoms with E-state index in [0.717, 1.165) is 60.5 Å². The number of alkyl halides is 1. The summed E-state index contributed by atoms with van der Waals surface area (Å²) in [5.41, 5.74) is 10.1. The molecule has 0 N–H and O–H groups in total. The van der Waals surface area contributed by atoms with Gasteiger partial charge in [0.1, 0.15) is 11.8 Å². The minimum atomic E-state index is -1.46. The molecule has 58 heavy (non-hydrogen) atoms. The van der Waals surface area contributed by atoms with Crippen LogP contribution in [0.15, 0.2) is 186 Å². The number of hydrogen-bond donors (Lipinski definition) is 0. The van der Waals surface area contributed by atoms with E-state index < -0.39 is 11.6 Å². The number of pyridine rings is 1. The van der Waals surface area contributed by atoms with Crippen molar-refractivity contribution in [3.8, 4) is 17.1 Å². The van der Waals surface area contributed by atoms with E-state index in [-0.39, 0.29) is 20.4 Å². The third-order valence-corrected chi connectivity index (χ3v) is 12.6. The Morgan fingerprint density at radius 3 is 2.03 bits per heavy atom. The summed E-state index contributed by atoms with van der Waals surface area (Å²) in [6.45, 7) is 0. The molecule has 7 aromatic carbocycles. The largest absolute Gasteiger partial charge is 2.00 e. The smallest absolute Gasteiger partial charge is 0.367 e. The van der Waals surface area contributed by atoms with E-state index in [4.69, 9.17) is 9.97 Å². The molecule has 10 aromatic rings. The van der Waals surface area contributed by atoms with E-state index in [1.165, 1.54) is 21.6 Å². The minimum absolute atomic E-state index is 0. The molecular formula is C51H33FN4PdS. The Morgan fingerprint density at radius 2 is 1.28 bits per heavy atom. The van der Waals surface area contributed by atoms with Gasteiger partial charge in [0.2, 0.25) is 0 Å². The molecule has 1 atom stereocenters. The second kappa shape index (κ2) is 14.4. The van der Waals surface area contributed by atoms with Gasteiger partial charge in [0.05, 0.1) is 27.8 Å². The number of para-hydroxylation sites is 3. The first kappa shape index (κ1) is 36.3. The van der Waals surface area contributed by atoms with Crippen LogP contribution in [0, 0.1) is 12.1 Å². The Morgan fingerprint density at radius 1 is 0.638 bits per heavy atom. The van der Waals surface area contributed by atoms with Crippen LogP contribution in [-0.4, -0.2) is 19.1 Å². The molecule has 0 saturated heterocycles. The summed E-state index contributed by atoms with van der Waals surface area (Å²) >= 11 is 1.80. The molecule has 4 nitrogen and oxygen atoms in total. The fraction of sp³-hybridized carbons (Fsp3) is 0.0588. The van der Waals surface area contributed by atoms with Crippen molar-refractivity contribution in [3.05, 3.63) is 222 Å². The van der Waals surface area contributed by atoms with Crippen molar-refractivity contribution in [2.45, 2.75) is 21.4 Å². The molecule has 0 bridgehead atoms. The first-order valence-corrected chi connectivity index (χ1v) is 19.8. The zero-order chi connectivity index (χ0) is 38.1. The van der Waals surface area contributed by atoms with Crippen molar-refractivity contribution in [1.29, 1.82) is 0 Å². The maximum Gasteiger partial charge on any atom is 2.00 e. The first-order valence-electron chi connectivity index (χ1n) is 19.0. The van der Waals surface area contributed by atoms with Crippen LogP contribution in [0.4, 0.5) is 4.39 Å². The van der Waals surface area contributed by atoms with Crippen molar-refractivity contribution in [2.75, 3.05) is 0 Å². The quantitative estimate of drug-likeness (QED) is 0.123. The summed E-state index contributed by atoms with van der Waals surface area (Å²) in [5.74, 6) is 0.742. The van der Waals surface area contributed by atoms with Gasteiger partial charge in [-0.15, -0.1) is 41.5 Å². The van der Waals surface area contributed by atoms with Gasteiger partial charge in [0.15, 0.2) is 0 Å². The molecule has 4 heterocycles. The summed E-state index contributed by atoms with van der Waals surface area (Å²) in [7, 11) is 1.98. The third-order valence-electron chi connectivity index (χ3n) is 11.4. The predicted octanol–water partition coefficient (Wildman–Crippen LogP) is 12.2. The second-order valence-electron chi connectivity index (χ2n) is 14.5. The van der Waals surface area contributed by atoms with Crippen LogP contribution >= 0.6 is 11.8 Å². The molecule has 1 aliphatic rings. The Hall–Kier alpha value is -6.10. The Bertz CT molecular complexity index is 3120. The number of halogens is 1. The fourth-order valence-corrected chi connectivity index (χ4v) is 10.2. The average Bonchev–Trinajstić information content (AvgIpc) is 3.81. The van der Waals surface area contributed by atoms with Crippen molar-refractivity contribution in [3.63, 3.8) is 0 Å². The van der Waals surface area contributed by atoms with Gasteiger partial charge in [-0.25, -0.2) is 9.37 Å². The summed E-state index contributed by atoms with van der Waals surface area (Å²) in [5, 5.41) is 2.15. The molecule has 0 spiro atoms. The molecular weight excluding hydrogens is 826 g/mol. The predicted molar refractivity (Wildman–Crippen MR) is 228 cm³/mol. The molecule has 0 fully saturated rings. The van der Waals surface area contributed by atoms with E-state index in [0.29, 0.717) is 11.1 Å². The number of imidazole rings is 1. The van der Waals surface area contributed by atoms with Gasteiger partial charge in [-0.1, -0.05) is 132 Å². The van der Waals surface area contributed by atoms with E-state index >= 15 is 4.39 Å².